The molecule has 1 atom stereocenters. The Labute approximate surface area is 120 Å². The number of hydrogen-bond acceptors (Lipinski definition) is 2. The number of nitrogens with one attached hydrogen (secondary N) is 1. The summed E-state index contributed by atoms with van der Waals surface area (Å²) in [6.07, 6.45) is 8.78. The molecule has 19 heavy (non-hydrogen) atoms. The average molecular weight is 269 g/mol. The van der Waals surface area contributed by atoms with Crippen molar-refractivity contribution in [1.29, 1.82) is 0 Å². The number of hydrogen-bond donors (Lipinski definition) is 1. The molecule has 0 aromatic rings. The summed E-state index contributed by atoms with van der Waals surface area (Å²) in [5, 5.41) is 3.82. The molecule has 1 rings (SSSR count). The summed E-state index contributed by atoms with van der Waals surface area (Å²) in [4.78, 5) is 0. The van der Waals surface area contributed by atoms with E-state index in [1.165, 1.54) is 44.9 Å². The highest BCUT2D eigenvalue weighted by atomic mass is 16.5. The molecule has 0 spiro atoms. The van der Waals surface area contributed by atoms with Crippen LogP contribution in [0.1, 0.15) is 72.6 Å². The molecule has 1 saturated carbocycles. The number of ether oxygens (including phenoxy) is 1. The summed E-state index contributed by atoms with van der Waals surface area (Å²) in [6, 6.07) is 0.528. The maximum Gasteiger partial charge on any atom is 0.0833 e. The topological polar surface area (TPSA) is 21.3 Å². The van der Waals surface area contributed by atoms with Crippen LogP contribution in [0.3, 0.4) is 0 Å². The summed E-state index contributed by atoms with van der Waals surface area (Å²) < 4.78 is 6.11. The average Bonchev–Trinajstić information content (AvgIpc) is 2.45. The third-order valence-corrected chi connectivity index (χ3v) is 5.23. The van der Waals surface area contributed by atoms with E-state index in [4.69, 9.17) is 4.74 Å². The molecule has 0 amide bonds. The van der Waals surface area contributed by atoms with Crippen molar-refractivity contribution < 1.29 is 4.74 Å². The lowest BCUT2D eigenvalue weighted by atomic mass is 9.70. The maximum atomic E-state index is 6.11. The summed E-state index contributed by atoms with van der Waals surface area (Å²) in [5.41, 5.74) is 0.0817. The van der Waals surface area contributed by atoms with Crippen molar-refractivity contribution in [3.8, 4) is 0 Å². The Morgan fingerprint density at radius 3 is 2.16 bits per heavy atom. The van der Waals surface area contributed by atoms with E-state index < -0.39 is 0 Å². The number of methoxy groups -OCH3 is 1. The molecule has 1 aliphatic carbocycles. The summed E-state index contributed by atoms with van der Waals surface area (Å²) in [7, 11) is 1.93. The third kappa shape index (κ3) is 4.19. The van der Waals surface area contributed by atoms with Crippen molar-refractivity contribution in [3.05, 3.63) is 0 Å². The SMILES string of the molecule is CCCNC(C(CC)CC)C1(OC)CCC(C)CC1. The van der Waals surface area contributed by atoms with Gasteiger partial charge in [0.2, 0.25) is 0 Å². The zero-order valence-electron chi connectivity index (χ0n) is 13.8. The van der Waals surface area contributed by atoms with Gasteiger partial charge in [0, 0.05) is 13.2 Å². The molecular weight excluding hydrogens is 234 g/mol. The van der Waals surface area contributed by atoms with E-state index >= 15 is 0 Å². The van der Waals surface area contributed by atoms with Gasteiger partial charge < -0.3 is 10.1 Å². The molecule has 1 unspecified atom stereocenters. The minimum absolute atomic E-state index is 0.0817. The Bertz CT molecular complexity index is 229. The highest BCUT2D eigenvalue weighted by Gasteiger charge is 2.43. The van der Waals surface area contributed by atoms with Crippen molar-refractivity contribution in [2.45, 2.75) is 84.3 Å². The van der Waals surface area contributed by atoms with Crippen LogP contribution >= 0.6 is 0 Å². The highest BCUT2D eigenvalue weighted by Crippen LogP contribution is 2.40. The van der Waals surface area contributed by atoms with Gasteiger partial charge in [0.1, 0.15) is 0 Å². The highest BCUT2D eigenvalue weighted by molar-refractivity contribution is 4.99. The minimum atomic E-state index is 0.0817. The normalized spacial score (nSPS) is 29.7. The van der Waals surface area contributed by atoms with Gasteiger partial charge in [0.25, 0.3) is 0 Å². The Hall–Kier alpha value is -0.0800. The molecule has 1 N–H and O–H groups in total. The lowest BCUT2D eigenvalue weighted by Gasteiger charge is -2.47. The van der Waals surface area contributed by atoms with E-state index in [0.717, 1.165) is 18.4 Å². The van der Waals surface area contributed by atoms with Crippen LogP contribution in [0.5, 0.6) is 0 Å². The fraction of sp³-hybridized carbons (Fsp3) is 1.00. The van der Waals surface area contributed by atoms with Crippen LogP contribution in [0.4, 0.5) is 0 Å². The van der Waals surface area contributed by atoms with Crippen LogP contribution in [0.2, 0.25) is 0 Å². The van der Waals surface area contributed by atoms with E-state index in [0.29, 0.717) is 6.04 Å². The van der Waals surface area contributed by atoms with Gasteiger partial charge >= 0.3 is 0 Å². The van der Waals surface area contributed by atoms with Crippen LogP contribution in [-0.2, 0) is 4.74 Å². The third-order valence-electron chi connectivity index (χ3n) is 5.23. The Balaban J connectivity index is 2.84. The quantitative estimate of drug-likeness (QED) is 0.706. The lowest BCUT2D eigenvalue weighted by molar-refractivity contribution is -0.0890. The molecule has 0 aromatic carbocycles. The first kappa shape index (κ1) is 17.0. The standard InChI is InChI=1S/C17H35NO/c1-6-13-18-16(15(7-2)8-3)17(19-5)11-9-14(4)10-12-17/h14-16,18H,6-13H2,1-5H3. The van der Waals surface area contributed by atoms with E-state index in [1.807, 2.05) is 7.11 Å². The van der Waals surface area contributed by atoms with Gasteiger partial charge in [-0.2, -0.15) is 0 Å². The van der Waals surface area contributed by atoms with Crippen LogP contribution in [0.25, 0.3) is 0 Å². The van der Waals surface area contributed by atoms with Crippen molar-refractivity contribution in [3.63, 3.8) is 0 Å². The second-order valence-electron chi connectivity index (χ2n) is 6.46. The fourth-order valence-corrected chi connectivity index (χ4v) is 3.74. The van der Waals surface area contributed by atoms with Crippen LogP contribution < -0.4 is 5.32 Å². The van der Waals surface area contributed by atoms with Gasteiger partial charge in [-0.05, 0) is 50.5 Å². The van der Waals surface area contributed by atoms with Crippen molar-refractivity contribution >= 4 is 0 Å². The zero-order valence-corrected chi connectivity index (χ0v) is 13.8. The molecular formula is C17H35NO. The fourth-order valence-electron chi connectivity index (χ4n) is 3.74. The molecule has 0 aliphatic heterocycles. The molecule has 114 valence electrons. The van der Waals surface area contributed by atoms with E-state index in [-0.39, 0.29) is 5.60 Å². The first-order chi connectivity index (χ1) is 9.13. The van der Waals surface area contributed by atoms with Gasteiger partial charge in [-0.3, -0.25) is 0 Å². The summed E-state index contributed by atoms with van der Waals surface area (Å²) >= 11 is 0. The molecule has 0 bridgehead atoms. The second kappa shape index (κ2) is 8.26. The molecule has 2 heteroatoms. The van der Waals surface area contributed by atoms with Gasteiger partial charge in [0.15, 0.2) is 0 Å². The largest absolute Gasteiger partial charge is 0.377 e. The Kier molecular flexibility index (Phi) is 7.38. The minimum Gasteiger partial charge on any atom is -0.377 e. The van der Waals surface area contributed by atoms with Gasteiger partial charge in [-0.1, -0.05) is 40.5 Å². The summed E-state index contributed by atoms with van der Waals surface area (Å²) in [6.45, 7) is 10.4. The van der Waals surface area contributed by atoms with Gasteiger partial charge in [-0.15, -0.1) is 0 Å². The molecule has 1 aliphatic rings. The smallest absolute Gasteiger partial charge is 0.0833 e. The molecule has 2 nitrogen and oxygen atoms in total. The maximum absolute atomic E-state index is 6.11. The predicted molar refractivity (Wildman–Crippen MR) is 83.5 cm³/mol. The zero-order chi connectivity index (χ0) is 14.3. The van der Waals surface area contributed by atoms with E-state index in [2.05, 4.69) is 33.0 Å². The molecule has 1 fully saturated rings. The van der Waals surface area contributed by atoms with Crippen LogP contribution in [0, 0.1) is 11.8 Å². The molecule has 0 saturated heterocycles. The predicted octanol–water partition coefficient (Wildman–Crippen LogP) is 4.39. The van der Waals surface area contributed by atoms with Crippen LogP contribution in [0.15, 0.2) is 0 Å². The van der Waals surface area contributed by atoms with Gasteiger partial charge in [0.05, 0.1) is 5.60 Å². The van der Waals surface area contributed by atoms with E-state index in [9.17, 15) is 0 Å². The van der Waals surface area contributed by atoms with E-state index in [1.54, 1.807) is 0 Å². The monoisotopic (exact) mass is 269 g/mol. The second-order valence-corrected chi connectivity index (χ2v) is 6.46. The Morgan fingerprint density at radius 1 is 1.16 bits per heavy atom. The number of rotatable bonds is 8. The van der Waals surface area contributed by atoms with Crippen molar-refractivity contribution in [1.82, 2.24) is 5.32 Å². The molecule has 0 aromatic heterocycles. The van der Waals surface area contributed by atoms with Gasteiger partial charge in [-0.25, -0.2) is 0 Å². The van der Waals surface area contributed by atoms with Crippen molar-refractivity contribution in [2.24, 2.45) is 11.8 Å². The van der Waals surface area contributed by atoms with Crippen LogP contribution in [-0.4, -0.2) is 25.3 Å². The van der Waals surface area contributed by atoms with Crippen molar-refractivity contribution in [2.75, 3.05) is 13.7 Å². The first-order valence-electron chi connectivity index (χ1n) is 8.42. The Morgan fingerprint density at radius 2 is 1.74 bits per heavy atom. The molecule has 0 heterocycles. The lowest BCUT2D eigenvalue weighted by Crippen LogP contribution is -2.57. The first-order valence-corrected chi connectivity index (χ1v) is 8.42. The molecule has 0 radical (unpaired) electrons. The summed E-state index contributed by atoms with van der Waals surface area (Å²) in [5.74, 6) is 1.61.